The van der Waals surface area contributed by atoms with Crippen molar-refractivity contribution in [3.8, 4) is 5.75 Å². The molecular weight excluding hydrogens is 343 g/mol. The first-order chi connectivity index (χ1) is 11.3. The number of carbonyl (C=O) groups is 1. The molecule has 0 amide bonds. The molecule has 1 atom stereocenters. The van der Waals surface area contributed by atoms with Gasteiger partial charge in [0.2, 0.25) is 0 Å². The van der Waals surface area contributed by atoms with Crippen molar-refractivity contribution in [3.63, 3.8) is 0 Å². The summed E-state index contributed by atoms with van der Waals surface area (Å²) >= 11 is 0. The summed E-state index contributed by atoms with van der Waals surface area (Å²) in [6.45, 7) is 1.61. The molecular formula is C15H20F3N3O4. The van der Waals surface area contributed by atoms with E-state index in [4.69, 9.17) is 20.4 Å². The van der Waals surface area contributed by atoms with Crippen LogP contribution in [0.4, 0.5) is 13.2 Å². The summed E-state index contributed by atoms with van der Waals surface area (Å²) < 4.78 is 37.0. The maximum absolute atomic E-state index is 10.6. The molecule has 0 bridgehead atoms. The Morgan fingerprint density at radius 1 is 1.44 bits per heavy atom. The van der Waals surface area contributed by atoms with Crippen LogP contribution in [0, 0.1) is 0 Å². The lowest BCUT2D eigenvalue weighted by molar-refractivity contribution is -0.192. The quantitative estimate of drug-likeness (QED) is 0.635. The fourth-order valence-electron chi connectivity index (χ4n) is 2.62. The first kappa shape index (κ1) is 20.7. The number of rotatable bonds is 2. The molecule has 10 heteroatoms. The molecule has 140 valence electrons. The maximum Gasteiger partial charge on any atom is 0.490 e. The van der Waals surface area contributed by atoms with Crippen LogP contribution in [0.15, 0.2) is 18.2 Å². The van der Waals surface area contributed by atoms with E-state index in [1.165, 1.54) is 16.6 Å². The summed E-state index contributed by atoms with van der Waals surface area (Å²) in [6, 6.07) is 6.40. The van der Waals surface area contributed by atoms with Gasteiger partial charge in [-0.1, -0.05) is 0 Å². The number of aromatic amines is 1. The van der Waals surface area contributed by atoms with Gasteiger partial charge in [0.05, 0.1) is 13.2 Å². The fraction of sp³-hybridized carbons (Fsp3) is 0.400. The number of H-pyrrole nitrogens is 1. The zero-order valence-corrected chi connectivity index (χ0v) is 13.4. The monoisotopic (exact) mass is 363 g/mol. The Balaban J connectivity index is 0.000000339. The van der Waals surface area contributed by atoms with Crippen molar-refractivity contribution in [2.24, 2.45) is 5.73 Å². The van der Waals surface area contributed by atoms with E-state index in [0.29, 0.717) is 6.54 Å². The zero-order chi connectivity index (χ0) is 17.9. The lowest BCUT2D eigenvalue weighted by Crippen LogP contribution is -2.34. The molecule has 0 saturated heterocycles. The normalized spacial score (nSPS) is 16.3. The summed E-state index contributed by atoms with van der Waals surface area (Å²) in [5.41, 5.74) is 9.57. The Bertz CT molecular complexity index is 731. The third-order valence-corrected chi connectivity index (χ3v) is 3.74. The molecule has 1 aliphatic rings. The molecule has 2 aromatic rings. The van der Waals surface area contributed by atoms with Crippen LogP contribution in [-0.4, -0.2) is 47.9 Å². The molecule has 0 saturated carbocycles. The highest BCUT2D eigenvalue weighted by Gasteiger charge is 2.38. The first-order valence-electron chi connectivity index (χ1n) is 7.20. The van der Waals surface area contributed by atoms with E-state index in [-0.39, 0.29) is 11.5 Å². The molecule has 0 radical (unpaired) electrons. The van der Waals surface area contributed by atoms with E-state index in [2.05, 4.69) is 22.4 Å². The SMILES string of the molecule is COc1ccc2[nH]c3c(c2c1)CCNC3CN.O.O=C(O)C(F)(F)F. The lowest BCUT2D eigenvalue weighted by Gasteiger charge is -2.22. The summed E-state index contributed by atoms with van der Waals surface area (Å²) in [4.78, 5) is 12.4. The second-order valence-corrected chi connectivity index (χ2v) is 5.22. The number of hydrogen-bond donors (Lipinski definition) is 4. The Morgan fingerprint density at radius 2 is 2.08 bits per heavy atom. The number of carboxylic acids is 1. The number of aromatic nitrogens is 1. The second-order valence-electron chi connectivity index (χ2n) is 5.22. The topological polar surface area (TPSA) is 132 Å². The van der Waals surface area contributed by atoms with Gasteiger partial charge in [0.25, 0.3) is 0 Å². The molecule has 0 aliphatic carbocycles. The van der Waals surface area contributed by atoms with Gasteiger partial charge in [0, 0.05) is 23.1 Å². The summed E-state index contributed by atoms with van der Waals surface area (Å²) in [7, 11) is 1.70. The highest BCUT2D eigenvalue weighted by atomic mass is 19.4. The Kier molecular flexibility index (Phi) is 6.79. The molecule has 1 unspecified atom stereocenters. The van der Waals surface area contributed by atoms with Gasteiger partial charge in [-0.25, -0.2) is 4.79 Å². The van der Waals surface area contributed by atoms with Crippen molar-refractivity contribution < 1.29 is 33.3 Å². The average Bonchev–Trinajstić information content (AvgIpc) is 2.92. The molecule has 2 heterocycles. The molecule has 1 aromatic carbocycles. The smallest absolute Gasteiger partial charge is 0.490 e. The van der Waals surface area contributed by atoms with Crippen LogP contribution in [0.5, 0.6) is 5.75 Å². The number of nitrogens with one attached hydrogen (secondary N) is 2. The molecule has 0 fully saturated rings. The van der Waals surface area contributed by atoms with E-state index >= 15 is 0 Å². The van der Waals surface area contributed by atoms with E-state index in [1.54, 1.807) is 7.11 Å². The number of alkyl halides is 3. The number of methoxy groups -OCH3 is 1. The van der Waals surface area contributed by atoms with Crippen LogP contribution in [-0.2, 0) is 11.2 Å². The van der Waals surface area contributed by atoms with Gasteiger partial charge in [0.1, 0.15) is 5.75 Å². The number of nitrogens with two attached hydrogens (primary N) is 1. The Labute approximate surface area is 141 Å². The van der Waals surface area contributed by atoms with Gasteiger partial charge >= 0.3 is 12.1 Å². The van der Waals surface area contributed by atoms with E-state index in [1.807, 2.05) is 6.07 Å². The number of carboxylic acid groups (broad SMARTS) is 1. The number of halogens is 3. The maximum atomic E-state index is 10.6. The van der Waals surface area contributed by atoms with Crippen LogP contribution in [0.2, 0.25) is 0 Å². The van der Waals surface area contributed by atoms with Crippen molar-refractivity contribution in [2.45, 2.75) is 18.6 Å². The van der Waals surface area contributed by atoms with Gasteiger partial charge in [-0.2, -0.15) is 13.2 Å². The van der Waals surface area contributed by atoms with Gasteiger partial charge < -0.3 is 31.4 Å². The van der Waals surface area contributed by atoms with Crippen LogP contribution in [0.3, 0.4) is 0 Å². The first-order valence-corrected chi connectivity index (χ1v) is 7.20. The third-order valence-electron chi connectivity index (χ3n) is 3.74. The number of fused-ring (bicyclic) bond motifs is 3. The molecule has 1 aliphatic heterocycles. The molecule has 3 rings (SSSR count). The Hall–Kier alpha value is -2.30. The predicted octanol–water partition coefficient (Wildman–Crippen LogP) is 1.13. The second kappa shape index (κ2) is 8.19. The minimum absolute atomic E-state index is 0. The Morgan fingerprint density at radius 3 is 2.60 bits per heavy atom. The average molecular weight is 363 g/mol. The number of aliphatic carboxylic acids is 1. The van der Waals surface area contributed by atoms with Crippen LogP contribution in [0.1, 0.15) is 17.3 Å². The minimum atomic E-state index is -5.08. The van der Waals surface area contributed by atoms with Gasteiger partial charge in [0.15, 0.2) is 0 Å². The molecule has 7 nitrogen and oxygen atoms in total. The number of hydrogen-bond acceptors (Lipinski definition) is 4. The summed E-state index contributed by atoms with van der Waals surface area (Å²) in [5, 5.41) is 11.8. The number of benzene rings is 1. The largest absolute Gasteiger partial charge is 0.497 e. The van der Waals surface area contributed by atoms with Gasteiger partial charge in [-0.3, -0.25) is 0 Å². The summed E-state index contributed by atoms with van der Waals surface area (Å²) in [5.74, 6) is -1.85. The molecule has 25 heavy (non-hydrogen) atoms. The highest BCUT2D eigenvalue weighted by molar-refractivity contribution is 5.86. The van der Waals surface area contributed by atoms with Crippen molar-refractivity contribution in [2.75, 3.05) is 20.2 Å². The fourth-order valence-corrected chi connectivity index (χ4v) is 2.62. The van der Waals surface area contributed by atoms with Crippen LogP contribution < -0.4 is 15.8 Å². The van der Waals surface area contributed by atoms with E-state index in [9.17, 15) is 13.2 Å². The van der Waals surface area contributed by atoms with E-state index < -0.39 is 12.1 Å². The molecule has 1 aromatic heterocycles. The third kappa shape index (κ3) is 4.62. The predicted molar refractivity (Wildman–Crippen MR) is 85.7 cm³/mol. The van der Waals surface area contributed by atoms with Gasteiger partial charge in [-0.05, 0) is 36.7 Å². The number of ether oxygens (including phenoxy) is 1. The van der Waals surface area contributed by atoms with Crippen molar-refractivity contribution >= 4 is 16.9 Å². The van der Waals surface area contributed by atoms with Crippen molar-refractivity contribution in [1.29, 1.82) is 0 Å². The van der Waals surface area contributed by atoms with Gasteiger partial charge in [-0.15, -0.1) is 0 Å². The van der Waals surface area contributed by atoms with Crippen LogP contribution >= 0.6 is 0 Å². The lowest BCUT2D eigenvalue weighted by atomic mass is 9.99. The minimum Gasteiger partial charge on any atom is -0.497 e. The van der Waals surface area contributed by atoms with Crippen molar-refractivity contribution in [3.05, 3.63) is 29.5 Å². The summed E-state index contributed by atoms with van der Waals surface area (Å²) in [6.07, 6.45) is -4.04. The van der Waals surface area contributed by atoms with Crippen molar-refractivity contribution in [1.82, 2.24) is 10.3 Å². The molecule has 7 N–H and O–H groups in total. The van der Waals surface area contributed by atoms with Crippen LogP contribution in [0.25, 0.3) is 10.9 Å². The highest BCUT2D eigenvalue weighted by Crippen LogP contribution is 2.31. The van der Waals surface area contributed by atoms with E-state index in [0.717, 1.165) is 24.2 Å². The standard InChI is InChI=1S/C13H17N3O.C2HF3O2.H2O/c1-17-8-2-3-11-10(6-8)9-4-5-15-12(7-14)13(9)16-11;3-2(4,5)1(6)7;/h2-3,6,12,15-16H,4-5,7,14H2,1H3;(H,6,7);1H2. The zero-order valence-electron chi connectivity index (χ0n) is 13.4. The molecule has 0 spiro atoms.